The summed E-state index contributed by atoms with van der Waals surface area (Å²) in [5.74, 6) is 0. The average Bonchev–Trinajstić information content (AvgIpc) is 3.81. The lowest BCUT2D eigenvalue weighted by molar-refractivity contribution is 1.02. The number of thiophene rings is 2. The monoisotopic (exact) mass is 634 g/mol. The molecular formula is C43H26N2S2. The quantitative estimate of drug-likeness (QED) is 0.190. The van der Waals surface area contributed by atoms with Gasteiger partial charge in [0.05, 0.1) is 33.1 Å². The number of nitriles is 1. The molecule has 0 amide bonds. The summed E-state index contributed by atoms with van der Waals surface area (Å²) < 4.78 is 6.34. The van der Waals surface area contributed by atoms with Crippen molar-refractivity contribution in [2.75, 3.05) is 0 Å². The van der Waals surface area contributed by atoms with Crippen LogP contribution < -0.4 is 0 Å². The van der Waals surface area contributed by atoms with Crippen LogP contribution in [0.4, 0.5) is 0 Å². The van der Waals surface area contributed by atoms with E-state index in [1.165, 1.54) is 68.6 Å². The first-order valence-electron chi connectivity index (χ1n) is 16.0. The molecule has 2 nitrogen and oxygen atoms in total. The summed E-state index contributed by atoms with van der Waals surface area (Å²) >= 11 is 3.86. The Morgan fingerprint density at radius 2 is 1.38 bits per heavy atom. The minimum atomic E-state index is 0.678. The van der Waals surface area contributed by atoms with Crippen molar-refractivity contribution in [3.63, 3.8) is 0 Å². The van der Waals surface area contributed by atoms with E-state index >= 15 is 0 Å². The van der Waals surface area contributed by atoms with Gasteiger partial charge >= 0.3 is 0 Å². The molecule has 0 saturated carbocycles. The van der Waals surface area contributed by atoms with Crippen molar-refractivity contribution in [2.45, 2.75) is 12.8 Å². The van der Waals surface area contributed by atoms with E-state index in [0.717, 1.165) is 34.6 Å². The normalized spacial score (nSPS) is 12.8. The molecule has 3 aromatic heterocycles. The molecule has 4 heteroatoms. The summed E-state index contributed by atoms with van der Waals surface area (Å²) in [6.07, 6.45) is 6.88. The van der Waals surface area contributed by atoms with Crippen molar-refractivity contribution in [1.29, 1.82) is 5.26 Å². The van der Waals surface area contributed by atoms with E-state index in [-0.39, 0.29) is 0 Å². The maximum atomic E-state index is 9.71. The predicted molar refractivity (Wildman–Crippen MR) is 202 cm³/mol. The number of hydrogen-bond donors (Lipinski definition) is 0. The van der Waals surface area contributed by atoms with Gasteiger partial charge in [0.25, 0.3) is 0 Å². The maximum absolute atomic E-state index is 9.71. The van der Waals surface area contributed by atoms with E-state index in [1.807, 2.05) is 34.8 Å². The Morgan fingerprint density at radius 3 is 2.30 bits per heavy atom. The van der Waals surface area contributed by atoms with Crippen molar-refractivity contribution in [3.05, 3.63) is 143 Å². The van der Waals surface area contributed by atoms with Gasteiger partial charge in [0.1, 0.15) is 0 Å². The lowest BCUT2D eigenvalue weighted by Crippen LogP contribution is -1.93. The second kappa shape index (κ2) is 10.3. The molecule has 0 unspecified atom stereocenters. The second-order valence-corrected chi connectivity index (χ2v) is 14.4. The number of allylic oxidation sites excluding steroid dienone is 1. The topological polar surface area (TPSA) is 28.7 Å². The molecule has 0 aliphatic heterocycles. The highest BCUT2D eigenvalue weighted by atomic mass is 32.1. The van der Waals surface area contributed by atoms with Crippen LogP contribution in [0, 0.1) is 11.3 Å². The molecule has 3 heterocycles. The third-order valence-corrected chi connectivity index (χ3v) is 12.3. The SMILES string of the molecule is N#Cc1ccc2c(c1)c1ccccc1n2-c1cccc2c1sc1c(-c3ccccc3)ccc(-c3cccc4c5c(sc34)CCC=C5)c12. The first-order valence-corrected chi connectivity index (χ1v) is 17.6. The first kappa shape index (κ1) is 26.7. The smallest absolute Gasteiger partial charge is 0.0991 e. The number of nitrogens with zero attached hydrogens (tertiary/aromatic N) is 2. The van der Waals surface area contributed by atoms with Crippen molar-refractivity contribution >= 4 is 80.8 Å². The fraction of sp³-hybridized carbons (Fsp3) is 0.0465. The second-order valence-electron chi connectivity index (χ2n) is 12.2. The summed E-state index contributed by atoms with van der Waals surface area (Å²) in [4.78, 5) is 1.50. The molecule has 1 aliphatic rings. The molecule has 6 aromatic carbocycles. The van der Waals surface area contributed by atoms with Crippen LogP contribution in [0.25, 0.3) is 86.1 Å². The van der Waals surface area contributed by atoms with Crippen LogP contribution in [0.2, 0.25) is 0 Å². The molecule has 0 atom stereocenters. The summed E-state index contributed by atoms with van der Waals surface area (Å²) in [5, 5.41) is 15.9. The lowest BCUT2D eigenvalue weighted by Gasteiger charge is -2.11. The molecule has 0 N–H and O–H groups in total. The van der Waals surface area contributed by atoms with Gasteiger partial charge in [0.15, 0.2) is 0 Å². The summed E-state index contributed by atoms with van der Waals surface area (Å²) in [6, 6.07) is 46.1. The van der Waals surface area contributed by atoms with Gasteiger partial charge in [-0.15, -0.1) is 22.7 Å². The molecule has 0 spiro atoms. The Labute approximate surface area is 279 Å². The van der Waals surface area contributed by atoms with Crippen LogP contribution in [-0.2, 0) is 6.42 Å². The average molecular weight is 635 g/mol. The number of rotatable bonds is 3. The number of para-hydroxylation sites is 1. The molecule has 0 radical (unpaired) electrons. The number of aromatic nitrogens is 1. The van der Waals surface area contributed by atoms with Gasteiger partial charge in [-0.25, -0.2) is 0 Å². The number of aryl methyl sites for hydroxylation is 1. The lowest BCUT2D eigenvalue weighted by atomic mass is 9.93. The van der Waals surface area contributed by atoms with Gasteiger partial charge < -0.3 is 4.57 Å². The Kier molecular flexibility index (Phi) is 5.84. The van der Waals surface area contributed by atoms with Crippen LogP contribution in [0.3, 0.4) is 0 Å². The molecule has 0 fully saturated rings. The maximum Gasteiger partial charge on any atom is 0.0991 e. The standard InChI is InChI=1S/C43H26N2S2/c44-25-26-20-23-37-35(24-26)29-12-4-6-17-36(29)45(37)38-18-9-16-34-40-31(22-21-28(43(40)47-42(34)38)27-10-2-1-3-11-27)33-15-8-14-32-30-13-5-7-19-39(30)46-41(32)33/h1-6,8-18,20-24H,7,19H2. The van der Waals surface area contributed by atoms with Crippen molar-refractivity contribution in [3.8, 4) is 34.0 Å². The van der Waals surface area contributed by atoms with E-state index in [1.54, 1.807) is 0 Å². The molecular weight excluding hydrogens is 609 g/mol. The number of hydrogen-bond acceptors (Lipinski definition) is 3. The van der Waals surface area contributed by atoms with Gasteiger partial charge in [0, 0.05) is 46.8 Å². The largest absolute Gasteiger partial charge is 0.308 e. The number of benzene rings is 6. The van der Waals surface area contributed by atoms with Crippen molar-refractivity contribution in [2.24, 2.45) is 0 Å². The van der Waals surface area contributed by atoms with Gasteiger partial charge in [0.2, 0.25) is 0 Å². The third-order valence-electron chi connectivity index (χ3n) is 9.70. The van der Waals surface area contributed by atoms with Crippen molar-refractivity contribution < 1.29 is 0 Å². The summed E-state index contributed by atoms with van der Waals surface area (Å²) in [7, 11) is 0. The Bertz CT molecular complexity index is 2800. The molecule has 47 heavy (non-hydrogen) atoms. The molecule has 9 aromatic rings. The molecule has 0 saturated heterocycles. The fourth-order valence-corrected chi connectivity index (χ4v) is 10.3. The first-order chi connectivity index (χ1) is 23.3. The zero-order valence-electron chi connectivity index (χ0n) is 25.3. The highest BCUT2D eigenvalue weighted by molar-refractivity contribution is 7.27. The van der Waals surface area contributed by atoms with Gasteiger partial charge in [-0.1, -0.05) is 103 Å². The van der Waals surface area contributed by atoms with E-state index in [4.69, 9.17) is 0 Å². The molecule has 1 aliphatic carbocycles. The number of fused-ring (bicyclic) bond motifs is 9. The Morgan fingerprint density at radius 1 is 0.596 bits per heavy atom. The van der Waals surface area contributed by atoms with Crippen LogP contribution in [0.15, 0.2) is 127 Å². The van der Waals surface area contributed by atoms with Gasteiger partial charge in [-0.2, -0.15) is 5.26 Å². The van der Waals surface area contributed by atoms with Crippen LogP contribution in [-0.4, -0.2) is 4.57 Å². The Balaban J connectivity index is 1.33. The Hall–Kier alpha value is -5.47. The van der Waals surface area contributed by atoms with E-state index < -0.39 is 0 Å². The van der Waals surface area contributed by atoms with E-state index in [9.17, 15) is 5.26 Å². The van der Waals surface area contributed by atoms with Crippen LogP contribution >= 0.6 is 22.7 Å². The highest BCUT2D eigenvalue weighted by Gasteiger charge is 2.22. The predicted octanol–water partition coefficient (Wildman–Crippen LogP) is 12.5. The third kappa shape index (κ3) is 3.88. The van der Waals surface area contributed by atoms with Gasteiger partial charge in [-0.3, -0.25) is 0 Å². The molecule has 0 bridgehead atoms. The zero-order valence-corrected chi connectivity index (χ0v) is 27.0. The minimum Gasteiger partial charge on any atom is -0.308 e. The van der Waals surface area contributed by atoms with E-state index in [2.05, 4.69) is 132 Å². The fourth-order valence-electron chi connectivity index (χ4n) is 7.62. The van der Waals surface area contributed by atoms with Gasteiger partial charge in [-0.05, 0) is 65.4 Å². The zero-order chi connectivity index (χ0) is 31.1. The molecule has 220 valence electrons. The summed E-state index contributed by atoms with van der Waals surface area (Å²) in [6.45, 7) is 0. The van der Waals surface area contributed by atoms with Crippen LogP contribution in [0.1, 0.15) is 22.4 Å². The van der Waals surface area contributed by atoms with Crippen LogP contribution in [0.5, 0.6) is 0 Å². The van der Waals surface area contributed by atoms with Crippen molar-refractivity contribution in [1.82, 2.24) is 4.57 Å². The van der Waals surface area contributed by atoms with E-state index in [0.29, 0.717) is 5.56 Å². The molecule has 10 rings (SSSR count). The minimum absolute atomic E-state index is 0.678. The summed E-state index contributed by atoms with van der Waals surface area (Å²) in [5.41, 5.74) is 10.6. The highest BCUT2D eigenvalue weighted by Crippen LogP contribution is 2.50.